The molecule has 20 heteroatoms. The summed E-state index contributed by atoms with van der Waals surface area (Å²) >= 11 is 0. The smallest absolute Gasteiger partial charge is 0.0809 e. The van der Waals surface area contributed by atoms with Gasteiger partial charge in [0.25, 0.3) is 0 Å². The van der Waals surface area contributed by atoms with E-state index in [1.165, 1.54) is 83.5 Å². The number of fused-ring (bicyclic) bond motifs is 5. The molecule has 0 saturated heterocycles. The second-order valence-electron chi connectivity index (χ2n) is 42.1. The third kappa shape index (κ3) is 111. The Morgan fingerprint density at radius 3 is 0.771 bits per heavy atom. The Kier molecular flexibility index (Phi) is 103. The van der Waals surface area contributed by atoms with Crippen LogP contribution in [-0.4, -0.2) is 253 Å². The first kappa shape index (κ1) is 141. The molecule has 0 amide bonds. The number of hydrogen-bond acceptors (Lipinski definition) is 20. The summed E-state index contributed by atoms with van der Waals surface area (Å²) in [7, 11) is 0. The van der Waals surface area contributed by atoms with Crippen LogP contribution in [0.15, 0.2) is 0 Å². The summed E-state index contributed by atoms with van der Waals surface area (Å²) in [5.74, 6) is 7.12. The van der Waals surface area contributed by atoms with E-state index in [0.29, 0.717) is 155 Å². The molecule has 4 rings (SSSR count). The van der Waals surface area contributed by atoms with Gasteiger partial charge in [-0.3, -0.25) is 0 Å². The third-order valence-corrected chi connectivity index (χ3v) is 20.8. The lowest BCUT2D eigenvalue weighted by atomic mass is 9.76. The number of ether oxygens (including phenoxy) is 20. The van der Waals surface area contributed by atoms with Crippen molar-refractivity contribution < 1.29 is 94.7 Å². The zero-order valence-corrected chi connectivity index (χ0v) is 95.2. The van der Waals surface area contributed by atoms with E-state index in [-0.39, 0.29) is 12.2 Å². The van der Waals surface area contributed by atoms with Crippen LogP contribution in [0.25, 0.3) is 0 Å². The monoisotopic (exact) mass is 1890 g/mol. The van der Waals surface area contributed by atoms with Crippen molar-refractivity contribution in [1.29, 1.82) is 0 Å². The van der Waals surface area contributed by atoms with Crippen LogP contribution < -0.4 is 0 Å². The summed E-state index contributed by atoms with van der Waals surface area (Å²) < 4.78 is 110. The van der Waals surface area contributed by atoms with Gasteiger partial charge in [0.2, 0.25) is 0 Å². The van der Waals surface area contributed by atoms with E-state index < -0.39 is 0 Å². The average molecular weight is 1890 g/mol. The fraction of sp³-hybridized carbons (Fsp3) is 1.00. The molecule has 0 aromatic carbocycles. The zero-order chi connectivity index (χ0) is 101. The first-order valence-electron chi connectivity index (χ1n) is 53.8. The highest BCUT2D eigenvalue weighted by Gasteiger charge is 2.55. The van der Waals surface area contributed by atoms with Crippen molar-refractivity contribution >= 4 is 0 Å². The van der Waals surface area contributed by atoms with Gasteiger partial charge in [0.1, 0.15) is 0 Å². The van der Waals surface area contributed by atoms with Crippen molar-refractivity contribution in [3.05, 3.63) is 0 Å². The number of hydrogen-bond donors (Lipinski definition) is 0. The van der Waals surface area contributed by atoms with Crippen molar-refractivity contribution in [2.24, 2.45) is 47.3 Å². The molecule has 0 aliphatic heterocycles. The predicted octanol–water partition coefficient (Wildman–Crippen LogP) is 28.3. The highest BCUT2D eigenvalue weighted by molar-refractivity contribution is 5.04. The molecule has 0 heterocycles. The Morgan fingerprint density at radius 1 is 0.198 bits per heavy atom. The maximum absolute atomic E-state index is 5.91. The fourth-order valence-electron chi connectivity index (χ4n) is 14.7. The van der Waals surface area contributed by atoms with Crippen LogP contribution in [0.3, 0.4) is 0 Å². The lowest BCUT2D eigenvalue weighted by Gasteiger charge is -2.32. The summed E-state index contributed by atoms with van der Waals surface area (Å²) in [6.07, 6.45) is 32.4. The Labute approximate surface area is 816 Å². The molecular weight excluding hydrogens is 1650 g/mol. The minimum absolute atomic E-state index is 0.206. The number of rotatable bonds is 64. The fourth-order valence-corrected chi connectivity index (χ4v) is 14.7. The van der Waals surface area contributed by atoms with Crippen LogP contribution in [-0.2, 0) is 94.7 Å². The van der Waals surface area contributed by atoms with Crippen LogP contribution in [0.1, 0.15) is 426 Å². The van der Waals surface area contributed by atoms with Crippen LogP contribution in [0.5, 0.6) is 0 Å². The number of unbranched alkanes of at least 4 members (excludes halogenated alkanes) is 6. The van der Waals surface area contributed by atoms with E-state index in [1.807, 2.05) is 118 Å². The van der Waals surface area contributed by atoms with Crippen molar-refractivity contribution in [3.8, 4) is 0 Å². The molecule has 0 N–H and O–H groups in total. The van der Waals surface area contributed by atoms with Gasteiger partial charge >= 0.3 is 0 Å². The molecule has 4 aliphatic rings. The Hall–Kier alpha value is -0.800. The van der Waals surface area contributed by atoms with Gasteiger partial charge in [-0.15, -0.1) is 0 Å². The molecule has 0 aromatic rings. The quantitative estimate of drug-likeness (QED) is 0.0523. The van der Waals surface area contributed by atoms with Gasteiger partial charge in [-0.1, -0.05) is 32.6 Å². The van der Waals surface area contributed by atoms with E-state index in [1.54, 1.807) is 0 Å². The molecule has 0 radical (unpaired) electrons. The normalized spacial score (nSPS) is 18.9. The van der Waals surface area contributed by atoms with Gasteiger partial charge in [-0.05, 0) is 441 Å². The van der Waals surface area contributed by atoms with Gasteiger partial charge in [-0.2, -0.15) is 0 Å². The van der Waals surface area contributed by atoms with Gasteiger partial charge in [-0.25, -0.2) is 0 Å². The van der Waals surface area contributed by atoms with Crippen molar-refractivity contribution in [3.63, 3.8) is 0 Å². The largest absolute Gasteiger partial charge is 0.379 e. The third-order valence-electron chi connectivity index (χ3n) is 20.8. The highest BCUT2D eigenvalue weighted by Crippen LogP contribution is 2.62. The molecule has 2 bridgehead atoms. The SMILES string of the molecule is CC(C)OCC(C)OC(C)C.CC(C)OCC1CC2C3CC(COC(C)C)C(C3)C2C1.CC(C)OCC1CCCCC1COC(C)C.CC(C)OCCC(C)OC(C)C.CC(C)OCCCCCCOC(C)C.CC(C)OCCCCCOC(C)C.CC(C)OCCCCOC(C)C.CC(C)OCCCOC(C)C.CC(C)OCCOC(C)C.CCC(COC(C)C)OC(C)C. The summed E-state index contributed by atoms with van der Waals surface area (Å²) in [5, 5.41) is 0. The molecule has 4 fully saturated rings. The zero-order valence-electron chi connectivity index (χ0n) is 95.2. The van der Waals surface area contributed by atoms with Gasteiger partial charge in [0.05, 0.1) is 187 Å². The summed E-state index contributed by atoms with van der Waals surface area (Å²) in [4.78, 5) is 0. The van der Waals surface area contributed by atoms with E-state index in [4.69, 9.17) is 94.7 Å². The summed E-state index contributed by atoms with van der Waals surface area (Å²) in [6.45, 7) is 103. The first-order chi connectivity index (χ1) is 61.4. The first-order valence-corrected chi connectivity index (χ1v) is 53.8. The van der Waals surface area contributed by atoms with Gasteiger partial charge < -0.3 is 94.7 Å². The van der Waals surface area contributed by atoms with Crippen LogP contribution in [0, 0.1) is 47.3 Å². The molecule has 4 saturated carbocycles. The minimum Gasteiger partial charge on any atom is -0.379 e. The van der Waals surface area contributed by atoms with E-state index >= 15 is 0 Å². The topological polar surface area (TPSA) is 185 Å². The lowest BCUT2D eigenvalue weighted by Crippen LogP contribution is -2.29. The molecule has 798 valence electrons. The van der Waals surface area contributed by atoms with Crippen LogP contribution >= 0.6 is 0 Å². The van der Waals surface area contributed by atoms with E-state index in [9.17, 15) is 0 Å². The maximum Gasteiger partial charge on any atom is 0.0809 e. The maximum atomic E-state index is 5.91. The molecular formula is C111H234O20. The molecule has 131 heavy (non-hydrogen) atoms. The van der Waals surface area contributed by atoms with E-state index in [0.717, 1.165) is 178 Å². The van der Waals surface area contributed by atoms with Crippen LogP contribution in [0.2, 0.25) is 0 Å². The summed E-state index contributed by atoms with van der Waals surface area (Å²) in [5.41, 5.74) is 0. The molecule has 0 spiro atoms. The Balaban J connectivity index is -0.000000334. The van der Waals surface area contributed by atoms with E-state index in [2.05, 4.69) is 180 Å². The Morgan fingerprint density at radius 2 is 0.458 bits per heavy atom. The van der Waals surface area contributed by atoms with Crippen LogP contribution in [0.4, 0.5) is 0 Å². The second kappa shape index (κ2) is 95.4. The average Bonchev–Trinajstić information content (AvgIpc) is 1.59. The van der Waals surface area contributed by atoms with Crippen molar-refractivity contribution in [2.45, 2.75) is 567 Å². The highest BCUT2D eigenvalue weighted by atomic mass is 16.6. The van der Waals surface area contributed by atoms with Crippen molar-refractivity contribution in [1.82, 2.24) is 0 Å². The van der Waals surface area contributed by atoms with Gasteiger partial charge in [0.15, 0.2) is 0 Å². The predicted molar refractivity (Wildman–Crippen MR) is 556 cm³/mol. The van der Waals surface area contributed by atoms with Gasteiger partial charge in [0, 0.05) is 66.1 Å². The molecule has 4 aliphatic carbocycles. The minimum atomic E-state index is 0.206. The standard InChI is InChI=1S/C18H32O2.C14H28O2.C12H26O2.C11H24O2.3C10H22O2.2C9H20O2.C8H18O2/c1-11(2)19-9-13-5-16-14-7-15(10-20-12(3)4)17(8-14)18(16)6-13;1-11(2)15-9-13-7-5-6-8-14(13)10-16-12(3)4;1-11(2)13-9-7-5-6-8-10-14-12(3)4;1-10(2)12-8-6-5-7-9-13-11(3)4;1-8(2)11-7-6-10(5)12-9(3)4;1-9(2)11-7-5-6-8-12-10(3)4;1-6-10(12-9(4)5)7-11-8(2)3;1-7(2)10-6-9(5)11-8(3)4;1-8(2)10-6-5-7-11-9(3)4;1-7(2)9-5-6-10-8(3)4/h11-18H,5-10H2,1-4H3;11-14H,5-10H2,1-4H3;11-12H,5-10H2,1-4H3;10-11H,5-9H2,1-4H3;8-10H,6-7H2,1-5H3;9-10H,5-8H2,1-4H3;8-10H,6-7H2,1-5H3;7-9H,6H2,1-5H3;8-9H,5-7H2,1-4H3;7-8H,5-6H2,1-4H3. The molecule has 20 nitrogen and oxygen atoms in total. The molecule has 0 aromatic heterocycles. The summed E-state index contributed by atoms with van der Waals surface area (Å²) in [6, 6.07) is 0. The van der Waals surface area contributed by atoms with Crippen molar-refractivity contribution in [2.75, 3.05) is 112 Å². The molecule has 11 unspecified atom stereocenters. The second-order valence-corrected chi connectivity index (χ2v) is 42.1. The lowest BCUT2D eigenvalue weighted by molar-refractivity contribution is -0.0593. The molecule has 11 atom stereocenters. The Bertz CT molecular complexity index is 2130.